The van der Waals surface area contributed by atoms with Crippen LogP contribution in [0.1, 0.15) is 12.5 Å². The van der Waals surface area contributed by atoms with Crippen molar-refractivity contribution in [3.63, 3.8) is 0 Å². The first-order chi connectivity index (χ1) is 8.67. The average molecular weight is 268 g/mol. The number of esters is 1. The summed E-state index contributed by atoms with van der Waals surface area (Å²) in [5, 5.41) is 3.33. The van der Waals surface area contributed by atoms with E-state index in [9.17, 15) is 9.59 Å². The third kappa shape index (κ3) is 4.59. The van der Waals surface area contributed by atoms with Gasteiger partial charge in [0.25, 0.3) is 0 Å². The van der Waals surface area contributed by atoms with Gasteiger partial charge >= 0.3 is 5.97 Å². The standard InChI is InChI=1S/C13H14ClNO3/c1-2-18-13(17)8-15-7-11(9-16)10-3-5-12(14)6-4-10/h3-7,9,15H,2,8H2,1H3/b11-7+. The Bertz CT molecular complexity index is 440. The second-order valence-corrected chi connectivity index (χ2v) is 3.85. The molecule has 1 N–H and O–H groups in total. The van der Waals surface area contributed by atoms with Crippen LogP contribution in [0.4, 0.5) is 0 Å². The SMILES string of the molecule is CCOC(=O)CN/C=C(\C=O)c1ccc(Cl)cc1. The van der Waals surface area contributed by atoms with Crippen LogP contribution in [0.3, 0.4) is 0 Å². The van der Waals surface area contributed by atoms with Crippen LogP contribution in [0.15, 0.2) is 30.5 Å². The van der Waals surface area contributed by atoms with E-state index in [1.165, 1.54) is 6.20 Å². The molecule has 0 spiro atoms. The van der Waals surface area contributed by atoms with E-state index in [0.717, 1.165) is 5.56 Å². The molecule has 0 saturated heterocycles. The van der Waals surface area contributed by atoms with Gasteiger partial charge in [0.2, 0.25) is 0 Å². The van der Waals surface area contributed by atoms with E-state index in [-0.39, 0.29) is 12.5 Å². The van der Waals surface area contributed by atoms with Crippen molar-refractivity contribution in [3.05, 3.63) is 41.1 Å². The van der Waals surface area contributed by atoms with E-state index in [4.69, 9.17) is 16.3 Å². The summed E-state index contributed by atoms with van der Waals surface area (Å²) in [5.41, 5.74) is 1.17. The van der Waals surface area contributed by atoms with Gasteiger partial charge in [-0.15, -0.1) is 0 Å². The number of allylic oxidation sites excluding steroid dienone is 1. The lowest BCUT2D eigenvalue weighted by molar-refractivity contribution is -0.141. The van der Waals surface area contributed by atoms with Gasteiger partial charge in [0, 0.05) is 16.8 Å². The van der Waals surface area contributed by atoms with Gasteiger partial charge in [0.15, 0.2) is 6.29 Å². The minimum Gasteiger partial charge on any atom is -0.465 e. The van der Waals surface area contributed by atoms with Crippen molar-refractivity contribution >= 4 is 29.4 Å². The zero-order chi connectivity index (χ0) is 13.4. The highest BCUT2D eigenvalue weighted by molar-refractivity contribution is 6.30. The van der Waals surface area contributed by atoms with Crippen LogP contribution in [0, 0.1) is 0 Å². The van der Waals surface area contributed by atoms with Crippen molar-refractivity contribution in [1.29, 1.82) is 0 Å². The van der Waals surface area contributed by atoms with Crippen molar-refractivity contribution in [2.75, 3.05) is 13.2 Å². The number of carbonyl (C=O) groups is 2. The maximum atomic E-state index is 11.1. The molecule has 0 aliphatic carbocycles. The van der Waals surface area contributed by atoms with Crippen LogP contribution in [0.5, 0.6) is 0 Å². The molecule has 0 aromatic heterocycles. The molecule has 4 nitrogen and oxygen atoms in total. The molecule has 96 valence electrons. The van der Waals surface area contributed by atoms with Gasteiger partial charge < -0.3 is 10.1 Å². The molecule has 1 aromatic carbocycles. The number of hydrogen-bond donors (Lipinski definition) is 1. The predicted molar refractivity (Wildman–Crippen MR) is 70.1 cm³/mol. The van der Waals surface area contributed by atoms with Crippen LogP contribution >= 0.6 is 11.6 Å². The van der Waals surface area contributed by atoms with Crippen molar-refractivity contribution < 1.29 is 14.3 Å². The van der Waals surface area contributed by atoms with Gasteiger partial charge in [0.05, 0.1) is 6.61 Å². The third-order valence-electron chi connectivity index (χ3n) is 2.11. The number of nitrogens with one attached hydrogen (secondary N) is 1. The van der Waals surface area contributed by atoms with Crippen LogP contribution in [-0.4, -0.2) is 25.4 Å². The second kappa shape index (κ2) is 7.50. The Morgan fingerprint density at radius 3 is 2.61 bits per heavy atom. The molecule has 0 bridgehead atoms. The Kier molecular flexibility index (Phi) is 5.94. The zero-order valence-corrected chi connectivity index (χ0v) is 10.7. The lowest BCUT2D eigenvalue weighted by Crippen LogP contribution is -2.20. The van der Waals surface area contributed by atoms with Crippen LogP contribution in [-0.2, 0) is 14.3 Å². The summed E-state index contributed by atoms with van der Waals surface area (Å²) < 4.78 is 4.74. The third-order valence-corrected chi connectivity index (χ3v) is 2.37. The minimum atomic E-state index is -0.366. The van der Waals surface area contributed by atoms with Crippen molar-refractivity contribution in [3.8, 4) is 0 Å². The summed E-state index contributed by atoms with van der Waals surface area (Å²) in [7, 11) is 0. The molecular weight excluding hydrogens is 254 g/mol. The molecule has 0 radical (unpaired) electrons. The highest BCUT2D eigenvalue weighted by atomic mass is 35.5. The van der Waals surface area contributed by atoms with Gasteiger partial charge in [-0.2, -0.15) is 0 Å². The van der Waals surface area contributed by atoms with Gasteiger partial charge in [-0.1, -0.05) is 23.7 Å². The molecule has 0 saturated carbocycles. The fourth-order valence-corrected chi connectivity index (χ4v) is 1.41. The fourth-order valence-electron chi connectivity index (χ4n) is 1.28. The van der Waals surface area contributed by atoms with Crippen LogP contribution < -0.4 is 5.32 Å². The smallest absolute Gasteiger partial charge is 0.325 e. The molecule has 0 unspecified atom stereocenters. The monoisotopic (exact) mass is 267 g/mol. The largest absolute Gasteiger partial charge is 0.465 e. The fraction of sp³-hybridized carbons (Fsp3) is 0.231. The average Bonchev–Trinajstić information content (AvgIpc) is 2.36. The summed E-state index contributed by atoms with van der Waals surface area (Å²) in [6.07, 6.45) is 2.19. The van der Waals surface area contributed by atoms with Gasteiger partial charge in [-0.05, 0) is 24.6 Å². The normalized spacial score (nSPS) is 10.9. The maximum Gasteiger partial charge on any atom is 0.325 e. The van der Waals surface area contributed by atoms with E-state index in [0.29, 0.717) is 23.5 Å². The predicted octanol–water partition coefficient (Wildman–Crippen LogP) is 2.03. The van der Waals surface area contributed by atoms with E-state index in [2.05, 4.69) is 5.32 Å². The molecular formula is C13H14ClNO3. The lowest BCUT2D eigenvalue weighted by atomic mass is 10.1. The molecule has 1 aromatic rings. The van der Waals surface area contributed by atoms with Crippen molar-refractivity contribution in [2.45, 2.75) is 6.92 Å². The summed E-state index contributed by atoms with van der Waals surface area (Å²) in [6.45, 7) is 2.10. The molecule has 0 fully saturated rings. The summed E-state index contributed by atoms with van der Waals surface area (Å²) in [5.74, 6) is -0.366. The first-order valence-electron chi connectivity index (χ1n) is 5.47. The highest BCUT2D eigenvalue weighted by Crippen LogP contribution is 2.15. The quantitative estimate of drug-likeness (QED) is 0.487. The molecule has 1 rings (SSSR count). The number of carbonyl (C=O) groups excluding carboxylic acids is 2. The van der Waals surface area contributed by atoms with Crippen LogP contribution in [0.2, 0.25) is 5.02 Å². The van der Waals surface area contributed by atoms with Gasteiger partial charge in [-0.3, -0.25) is 9.59 Å². The summed E-state index contributed by atoms with van der Waals surface area (Å²) in [6, 6.07) is 6.85. The molecule has 0 atom stereocenters. The number of rotatable bonds is 6. The second-order valence-electron chi connectivity index (χ2n) is 3.41. The number of aldehydes is 1. The number of ether oxygens (including phenoxy) is 1. The maximum absolute atomic E-state index is 11.1. The molecule has 0 aliphatic heterocycles. The first-order valence-corrected chi connectivity index (χ1v) is 5.85. The van der Waals surface area contributed by atoms with Gasteiger partial charge in [0.1, 0.15) is 6.54 Å². The molecule has 0 heterocycles. The Labute approximate surface area is 111 Å². The van der Waals surface area contributed by atoms with Crippen molar-refractivity contribution in [2.24, 2.45) is 0 Å². The molecule has 0 aliphatic rings. The Morgan fingerprint density at radius 1 is 1.39 bits per heavy atom. The summed E-state index contributed by atoms with van der Waals surface area (Å²) >= 11 is 5.76. The Hall–Kier alpha value is -1.81. The topological polar surface area (TPSA) is 55.4 Å². The first kappa shape index (κ1) is 14.3. The Balaban J connectivity index is 2.63. The van der Waals surface area contributed by atoms with Crippen LogP contribution in [0.25, 0.3) is 5.57 Å². The number of hydrogen-bond acceptors (Lipinski definition) is 4. The van der Waals surface area contributed by atoms with Crippen molar-refractivity contribution in [1.82, 2.24) is 5.32 Å². The van der Waals surface area contributed by atoms with E-state index in [1.54, 1.807) is 31.2 Å². The highest BCUT2D eigenvalue weighted by Gasteiger charge is 2.02. The zero-order valence-electron chi connectivity index (χ0n) is 9.98. The molecule has 18 heavy (non-hydrogen) atoms. The molecule has 5 heteroatoms. The minimum absolute atomic E-state index is 0.0266. The number of benzene rings is 1. The number of halogens is 1. The van der Waals surface area contributed by atoms with E-state index >= 15 is 0 Å². The molecule has 0 amide bonds. The van der Waals surface area contributed by atoms with E-state index in [1.807, 2.05) is 0 Å². The Morgan fingerprint density at radius 2 is 2.06 bits per heavy atom. The lowest BCUT2D eigenvalue weighted by Gasteiger charge is -2.04. The van der Waals surface area contributed by atoms with E-state index < -0.39 is 0 Å². The summed E-state index contributed by atoms with van der Waals surface area (Å²) in [4.78, 5) is 22.0. The van der Waals surface area contributed by atoms with Gasteiger partial charge in [-0.25, -0.2) is 0 Å².